The van der Waals surface area contributed by atoms with E-state index in [0.29, 0.717) is 0 Å². The van der Waals surface area contributed by atoms with Gasteiger partial charge in [0.25, 0.3) is 0 Å². The minimum atomic E-state index is 0.268. The molecule has 0 bridgehead atoms. The molecule has 24 heteroatoms. The maximum atomic E-state index is 2.54. The quantitative estimate of drug-likeness (QED) is 0.123. The van der Waals surface area contributed by atoms with Crippen molar-refractivity contribution in [2.45, 2.75) is 11.6 Å². The Bertz CT molecular complexity index is 3530. The van der Waals surface area contributed by atoms with Gasteiger partial charge >= 0.3 is 0 Å². The monoisotopic (exact) mass is 819 g/mol. The van der Waals surface area contributed by atoms with Crippen LogP contribution in [0.5, 0.6) is 0 Å². The van der Waals surface area contributed by atoms with E-state index in [1.807, 2.05) is 0 Å². The minimum Gasteiger partial charge on any atom is -0.102 e. The minimum absolute atomic E-state index is 0.268. The summed E-state index contributed by atoms with van der Waals surface area (Å²) in [5, 5.41) is 12.0. The lowest BCUT2D eigenvalue weighted by atomic mass is 9.55. The van der Waals surface area contributed by atoms with E-state index in [9.17, 15) is 0 Å². The van der Waals surface area contributed by atoms with Crippen LogP contribution in [0.4, 0.5) is 0 Å². The molecule has 0 saturated carbocycles. The molecule has 290 valence electrons. The average molecular weight is 814 g/mol. The van der Waals surface area contributed by atoms with Crippen LogP contribution in [0.3, 0.4) is 0 Å². The van der Waals surface area contributed by atoms with Crippen LogP contribution in [-0.2, 0) is 0 Å². The number of rotatable bonds is 3. The van der Waals surface area contributed by atoms with Crippen LogP contribution in [0.15, 0.2) is 0 Å². The lowest BCUT2D eigenvalue weighted by molar-refractivity contribution is 1.23. The molecule has 0 aromatic heterocycles. The van der Waals surface area contributed by atoms with E-state index in [4.69, 9.17) is 0 Å². The van der Waals surface area contributed by atoms with Crippen molar-refractivity contribution in [3.05, 3.63) is 22.3 Å². The third-order valence-electron chi connectivity index (χ3n) is 19.9. The van der Waals surface area contributed by atoms with E-state index in [0.717, 1.165) is 0 Å². The third kappa shape index (κ3) is 5.30. The molecule has 2 aliphatic rings. The SMILES string of the molecule is Bc1c(B)c(B)c(-c2c(B)c(-c3c(B)c(B)c4c(B)c(B)c5c(B)c(B)c(B)c6c5c4c3C6B)c(B)c(-c3c(B)c(B)c4c(B)c(B)c5c(B)c(B)c(B)c6c5c4c3C6B)c2B)c(B)c1B. The topological polar surface area (TPSA) is 0 Å². The van der Waals surface area contributed by atoms with Gasteiger partial charge in [-0.05, 0) is 110 Å². The largest absolute Gasteiger partial charge is 0.140 e. The highest BCUT2D eigenvalue weighted by Gasteiger charge is 2.38. The fourth-order valence-electron chi connectivity index (χ4n) is 15.2. The highest BCUT2D eigenvalue weighted by Crippen LogP contribution is 2.47. The van der Waals surface area contributed by atoms with Crippen molar-refractivity contribution >= 4 is 352 Å². The Labute approximate surface area is 416 Å². The van der Waals surface area contributed by atoms with Gasteiger partial charge in [-0.25, -0.2) is 0 Å². The Morgan fingerprint density at radius 1 is 0.152 bits per heavy atom. The highest BCUT2D eigenvalue weighted by atomic mass is 14.4. The molecule has 0 radical (unpaired) electrons. The van der Waals surface area contributed by atoms with E-state index < -0.39 is 0 Å². The Hall–Kier alpha value is -3.64. The number of hydrogen-bond acceptors (Lipinski definition) is 0. The summed E-state index contributed by atoms with van der Waals surface area (Å²) in [5.41, 5.74) is 46.6. The van der Waals surface area contributed by atoms with Crippen molar-refractivity contribution in [2.24, 2.45) is 0 Å². The summed E-state index contributed by atoms with van der Waals surface area (Å²) in [5.74, 6) is 0.537. The predicted octanol–water partition coefficient (Wildman–Crippen LogP) is -28.9. The molecule has 10 rings (SSSR count). The molecule has 8 aromatic rings. The Morgan fingerprint density at radius 2 is 0.333 bits per heavy atom. The maximum Gasteiger partial charge on any atom is 0.140 e. The molecule has 0 fully saturated rings. The summed E-state index contributed by atoms with van der Waals surface area (Å²) in [4.78, 5) is 0. The second-order valence-corrected chi connectivity index (χ2v) is 22.1. The Balaban J connectivity index is 1.48. The van der Waals surface area contributed by atoms with Crippen LogP contribution in [0.2, 0.25) is 0 Å². The van der Waals surface area contributed by atoms with Crippen LogP contribution in [0.1, 0.15) is 33.9 Å². The van der Waals surface area contributed by atoms with Crippen LogP contribution < -0.4 is 120 Å². The first-order valence-electron chi connectivity index (χ1n) is 25.1. The van der Waals surface area contributed by atoms with Gasteiger partial charge in [-0.3, -0.25) is 0 Å². The first kappa shape index (κ1) is 46.1. The van der Waals surface area contributed by atoms with E-state index in [2.05, 4.69) is 188 Å². The third-order valence-corrected chi connectivity index (χ3v) is 19.9. The van der Waals surface area contributed by atoms with Gasteiger partial charge < -0.3 is 0 Å². The van der Waals surface area contributed by atoms with Gasteiger partial charge in [-0.15, -0.1) is 27.3 Å². The summed E-state index contributed by atoms with van der Waals surface area (Å²) < 4.78 is 0. The maximum absolute atomic E-state index is 2.54. The van der Waals surface area contributed by atoms with E-state index in [-0.39, 0.29) is 11.6 Å². The molecule has 0 N–H and O–H groups in total. The molecule has 2 unspecified atom stereocenters. The van der Waals surface area contributed by atoms with Gasteiger partial charge in [0.1, 0.15) is 188 Å². The molecule has 0 saturated heterocycles. The molecular formula is C42H50B24. The van der Waals surface area contributed by atoms with Gasteiger partial charge in [-0.1, -0.05) is 92.9 Å². The summed E-state index contributed by atoms with van der Waals surface area (Å²) in [6, 6.07) is 0. The van der Waals surface area contributed by atoms with Crippen LogP contribution in [0, 0.1) is 0 Å². The van der Waals surface area contributed by atoms with Crippen molar-refractivity contribution in [1.82, 2.24) is 0 Å². The normalized spacial score (nSPS) is 14.9. The molecule has 2 atom stereocenters. The Kier molecular flexibility index (Phi) is 10.4. The zero-order valence-corrected chi connectivity index (χ0v) is 45.2. The molecule has 2 aliphatic carbocycles. The number of hydrogen-bond donors (Lipinski definition) is 0. The summed E-state index contributed by atoms with van der Waals surface area (Å²) >= 11 is 0. The summed E-state index contributed by atoms with van der Waals surface area (Å²) in [7, 11) is 58.1. The average Bonchev–Trinajstić information content (AvgIpc) is 3.73. The van der Waals surface area contributed by atoms with Crippen molar-refractivity contribution in [3.63, 3.8) is 0 Å². The molecule has 0 nitrogen and oxygen atoms in total. The zero-order valence-electron chi connectivity index (χ0n) is 45.2. The highest BCUT2D eigenvalue weighted by molar-refractivity contribution is 6.74. The smallest absolute Gasteiger partial charge is 0.102 e. The molecule has 0 heterocycles. The molecule has 0 amide bonds. The van der Waals surface area contributed by atoms with E-state index >= 15 is 0 Å². The fraction of sp³-hybridized carbons (Fsp3) is 0.0476. The molecule has 66 heavy (non-hydrogen) atoms. The van der Waals surface area contributed by atoms with Gasteiger partial charge in [-0.2, -0.15) is 0 Å². The zero-order chi connectivity index (χ0) is 48.2. The first-order valence-corrected chi connectivity index (χ1v) is 25.1. The molecular weight excluding hydrogens is 764 g/mol. The van der Waals surface area contributed by atoms with E-state index in [1.165, 1.54) is 197 Å². The van der Waals surface area contributed by atoms with Crippen molar-refractivity contribution in [3.8, 4) is 33.4 Å². The van der Waals surface area contributed by atoms with Gasteiger partial charge in [0.2, 0.25) is 0 Å². The fourth-order valence-corrected chi connectivity index (χ4v) is 15.2. The van der Waals surface area contributed by atoms with Crippen molar-refractivity contribution in [1.29, 1.82) is 0 Å². The van der Waals surface area contributed by atoms with Crippen LogP contribution >= 0.6 is 0 Å². The lowest BCUT2D eigenvalue weighted by Crippen LogP contribution is -2.56. The van der Waals surface area contributed by atoms with Crippen molar-refractivity contribution in [2.75, 3.05) is 0 Å². The van der Waals surface area contributed by atoms with Gasteiger partial charge in [0.05, 0.1) is 0 Å². The lowest BCUT2D eigenvalue weighted by Gasteiger charge is -2.32. The Morgan fingerprint density at radius 3 is 0.636 bits per heavy atom. The number of benzene rings is 8. The van der Waals surface area contributed by atoms with Crippen molar-refractivity contribution < 1.29 is 0 Å². The predicted molar refractivity (Wildman–Crippen MR) is 373 cm³/mol. The van der Waals surface area contributed by atoms with Crippen LogP contribution in [-0.4, -0.2) is 188 Å². The van der Waals surface area contributed by atoms with Gasteiger partial charge in [0, 0.05) is 0 Å². The van der Waals surface area contributed by atoms with Crippen LogP contribution in [0.25, 0.3) is 76.5 Å². The first-order chi connectivity index (χ1) is 30.9. The molecule has 0 spiro atoms. The van der Waals surface area contributed by atoms with E-state index in [1.54, 1.807) is 22.3 Å². The summed E-state index contributed by atoms with van der Waals surface area (Å²) in [6.07, 6.45) is 0. The summed E-state index contributed by atoms with van der Waals surface area (Å²) in [6.45, 7) is 0. The second-order valence-electron chi connectivity index (χ2n) is 22.1. The molecule has 0 aliphatic heterocycles. The van der Waals surface area contributed by atoms with Gasteiger partial charge in [0.15, 0.2) is 0 Å². The standard InChI is InChI=1S/C42H50B24/c43-19-5-1-3-9(19)32(56)38(62)34(58)13(3)30(54)28(52)11(1)26(50)24(48)7(5)15-21(45)16(23(47)17(22(15)46)18-36(60)40(64)42(66)41(65)37(18)61)8-6-2-4-10(20(6)44)33(57)39(63)35(59)14(4)31(55)29(53)12(2)27(51)25(8)49/h19-20H,43-66H2. The second kappa shape index (κ2) is 14.9. The molecule has 8 aromatic carbocycles.